The molecular formula is C21H32ClN3O6Si2. The first-order valence-corrected chi connectivity index (χ1v) is 17.9. The number of carbonyl (C=O) groups is 4. The van der Waals surface area contributed by atoms with Crippen LogP contribution in [0.5, 0.6) is 11.5 Å². The van der Waals surface area contributed by atoms with Crippen molar-refractivity contribution >= 4 is 51.3 Å². The number of urea groups is 1. The van der Waals surface area contributed by atoms with Crippen LogP contribution in [0, 0.1) is 0 Å². The Hall–Kier alpha value is -2.38. The molecule has 2 rings (SSSR count). The maximum absolute atomic E-state index is 12.8. The van der Waals surface area contributed by atoms with Gasteiger partial charge >= 0.3 is 17.8 Å². The number of rotatable bonds is 8. The molecule has 33 heavy (non-hydrogen) atoms. The molecule has 0 radical (unpaired) electrons. The highest BCUT2D eigenvalue weighted by molar-refractivity contribution is 6.71. The smallest absolute Gasteiger partial charge is 0.325 e. The number of piperazine rings is 1. The molecule has 0 unspecified atom stereocenters. The lowest BCUT2D eigenvalue weighted by Crippen LogP contribution is -2.58. The van der Waals surface area contributed by atoms with E-state index in [-0.39, 0.29) is 13.1 Å². The van der Waals surface area contributed by atoms with Gasteiger partial charge in [0.15, 0.2) is 0 Å². The van der Waals surface area contributed by atoms with Crippen LogP contribution in [-0.2, 0) is 14.4 Å². The van der Waals surface area contributed by atoms with Gasteiger partial charge in [-0.15, -0.1) is 0 Å². The topological polar surface area (TPSA) is 105 Å². The van der Waals surface area contributed by atoms with Crippen molar-refractivity contribution in [3.63, 3.8) is 0 Å². The number of nitrogens with zero attached hydrogens (tertiary/aromatic N) is 2. The Morgan fingerprint density at radius 3 is 2.09 bits per heavy atom. The lowest BCUT2D eigenvalue weighted by molar-refractivity contribution is -0.153. The number of hydrogen-bond acceptors (Lipinski definition) is 6. The Kier molecular flexibility index (Phi) is 8.36. The minimum atomic E-state index is -2.04. The lowest BCUT2D eigenvalue weighted by atomic mass is 10.1. The van der Waals surface area contributed by atoms with Crippen molar-refractivity contribution in [3.8, 4) is 11.5 Å². The Bertz CT molecular complexity index is 945. The van der Waals surface area contributed by atoms with Crippen LogP contribution in [-0.4, -0.2) is 69.2 Å². The molecule has 0 aliphatic carbocycles. The van der Waals surface area contributed by atoms with E-state index in [9.17, 15) is 19.2 Å². The predicted molar refractivity (Wildman–Crippen MR) is 130 cm³/mol. The number of likely N-dealkylation sites (N-methyl/N-ethyl adjacent to an activating group) is 1. The normalized spacial score (nSPS) is 15.9. The Morgan fingerprint density at radius 2 is 1.58 bits per heavy atom. The Morgan fingerprint density at radius 1 is 1.00 bits per heavy atom. The Balaban J connectivity index is 2.33. The Labute approximate surface area is 201 Å². The van der Waals surface area contributed by atoms with Gasteiger partial charge in [-0.05, 0) is 75.5 Å². The minimum absolute atomic E-state index is 0.0282. The summed E-state index contributed by atoms with van der Waals surface area (Å²) >= 11 is 5.81. The van der Waals surface area contributed by atoms with Crippen LogP contribution in [0.25, 0.3) is 0 Å². The molecule has 0 bridgehead atoms. The van der Waals surface area contributed by atoms with Crippen LogP contribution >= 0.6 is 11.6 Å². The molecule has 4 amide bonds. The SMILES string of the molecule is CCN1CCN(C(=O)N[C@@H](C(=O)Cl)c2ccc(O[Si](C)(C)C)c(O[Si](C)(C)C)c2)C(=O)C1=O. The number of halogens is 1. The molecule has 1 fully saturated rings. The van der Waals surface area contributed by atoms with E-state index in [0.717, 1.165) is 4.90 Å². The zero-order valence-corrected chi connectivity index (χ0v) is 22.9. The van der Waals surface area contributed by atoms with Gasteiger partial charge in [-0.25, -0.2) is 4.79 Å². The van der Waals surface area contributed by atoms with E-state index in [0.29, 0.717) is 23.6 Å². The van der Waals surface area contributed by atoms with Gasteiger partial charge in [0.05, 0.1) is 0 Å². The van der Waals surface area contributed by atoms with Crippen LogP contribution in [0.3, 0.4) is 0 Å². The van der Waals surface area contributed by atoms with E-state index in [1.54, 1.807) is 25.1 Å². The number of hydrogen-bond donors (Lipinski definition) is 1. The molecule has 1 aliphatic heterocycles. The number of benzene rings is 1. The predicted octanol–water partition coefficient (Wildman–Crippen LogP) is 3.32. The largest absolute Gasteiger partial charge is 0.542 e. The molecule has 12 heteroatoms. The van der Waals surface area contributed by atoms with E-state index in [1.807, 2.05) is 39.3 Å². The fourth-order valence-electron chi connectivity index (χ4n) is 3.17. The van der Waals surface area contributed by atoms with E-state index >= 15 is 0 Å². The second kappa shape index (κ2) is 10.3. The second-order valence-electron chi connectivity index (χ2n) is 9.66. The van der Waals surface area contributed by atoms with Gasteiger partial charge in [0.1, 0.15) is 17.5 Å². The summed E-state index contributed by atoms with van der Waals surface area (Å²) in [5, 5.41) is 1.64. The summed E-state index contributed by atoms with van der Waals surface area (Å²) in [5.41, 5.74) is 0.380. The van der Waals surface area contributed by atoms with Crippen molar-refractivity contribution in [2.75, 3.05) is 19.6 Å². The molecule has 1 aromatic carbocycles. The number of carbonyl (C=O) groups excluding carboxylic acids is 4. The molecule has 1 aromatic rings. The lowest BCUT2D eigenvalue weighted by Gasteiger charge is -2.32. The molecule has 182 valence electrons. The van der Waals surface area contributed by atoms with Gasteiger partial charge < -0.3 is 19.1 Å². The van der Waals surface area contributed by atoms with Gasteiger partial charge in [0, 0.05) is 19.6 Å². The van der Waals surface area contributed by atoms with Crippen molar-refractivity contribution in [2.45, 2.75) is 52.2 Å². The van der Waals surface area contributed by atoms with E-state index < -0.39 is 45.8 Å². The van der Waals surface area contributed by atoms with E-state index in [1.165, 1.54) is 4.90 Å². The third-order valence-electron chi connectivity index (χ3n) is 4.56. The summed E-state index contributed by atoms with van der Waals surface area (Å²) in [6.07, 6.45) is 0. The highest BCUT2D eigenvalue weighted by Gasteiger charge is 2.37. The van der Waals surface area contributed by atoms with Gasteiger partial charge in [-0.2, -0.15) is 0 Å². The molecule has 1 aliphatic rings. The molecule has 1 saturated heterocycles. The van der Waals surface area contributed by atoms with E-state index in [2.05, 4.69) is 5.32 Å². The molecule has 1 atom stereocenters. The maximum Gasteiger partial charge on any atom is 0.325 e. The van der Waals surface area contributed by atoms with Crippen molar-refractivity contribution in [1.82, 2.24) is 15.1 Å². The highest BCUT2D eigenvalue weighted by atomic mass is 35.5. The number of nitrogens with one attached hydrogen (secondary N) is 1. The summed E-state index contributed by atoms with van der Waals surface area (Å²) < 4.78 is 12.3. The molecular weight excluding hydrogens is 482 g/mol. The maximum atomic E-state index is 12.8. The molecule has 0 spiro atoms. The van der Waals surface area contributed by atoms with Crippen LogP contribution in [0.4, 0.5) is 4.79 Å². The minimum Gasteiger partial charge on any atom is -0.542 e. The monoisotopic (exact) mass is 513 g/mol. The van der Waals surface area contributed by atoms with Crippen LogP contribution in [0.15, 0.2) is 18.2 Å². The fourth-order valence-corrected chi connectivity index (χ4v) is 5.00. The van der Waals surface area contributed by atoms with Gasteiger partial charge in [0.25, 0.3) is 0 Å². The first kappa shape index (κ1) is 26.9. The summed E-state index contributed by atoms with van der Waals surface area (Å²) in [4.78, 5) is 51.6. The fraction of sp³-hybridized carbons (Fsp3) is 0.524. The van der Waals surface area contributed by atoms with Crippen LogP contribution in [0.1, 0.15) is 18.5 Å². The van der Waals surface area contributed by atoms with E-state index in [4.69, 9.17) is 20.5 Å². The van der Waals surface area contributed by atoms with Gasteiger partial charge in [-0.1, -0.05) is 6.07 Å². The first-order chi connectivity index (χ1) is 15.1. The summed E-state index contributed by atoms with van der Waals surface area (Å²) in [5.74, 6) is -0.674. The third kappa shape index (κ3) is 7.31. The van der Waals surface area contributed by atoms with Crippen molar-refractivity contribution < 1.29 is 28.0 Å². The standard InChI is InChI=1S/C21H32ClN3O6Si2/c1-8-24-11-12-25(20(28)19(24)27)21(29)23-17(18(22)26)14-9-10-15(30-32(2,3)4)16(13-14)31-33(5,6)7/h9-10,13,17H,8,11-12H2,1-7H3,(H,23,29)/t17-/m1/s1. The summed E-state index contributed by atoms with van der Waals surface area (Å²) in [6.45, 7) is 14.6. The molecule has 1 N–H and O–H groups in total. The molecule has 1 heterocycles. The summed E-state index contributed by atoms with van der Waals surface area (Å²) in [7, 11) is -3.99. The zero-order chi connectivity index (χ0) is 25.1. The third-order valence-corrected chi connectivity index (χ3v) is 6.45. The average molecular weight is 514 g/mol. The highest BCUT2D eigenvalue weighted by Crippen LogP contribution is 2.34. The average Bonchev–Trinajstić information content (AvgIpc) is 2.67. The molecule has 0 aromatic heterocycles. The number of imide groups is 1. The second-order valence-corrected chi connectivity index (χ2v) is 18.9. The van der Waals surface area contributed by atoms with Gasteiger partial charge in [-0.3, -0.25) is 19.3 Å². The molecule has 9 nitrogen and oxygen atoms in total. The van der Waals surface area contributed by atoms with Crippen LogP contribution < -0.4 is 14.2 Å². The van der Waals surface area contributed by atoms with Gasteiger partial charge in [0.2, 0.25) is 21.9 Å². The van der Waals surface area contributed by atoms with Crippen molar-refractivity contribution in [2.24, 2.45) is 0 Å². The summed E-state index contributed by atoms with van der Waals surface area (Å²) in [6, 6.07) is 2.84. The first-order valence-electron chi connectivity index (χ1n) is 10.8. The van der Waals surface area contributed by atoms with Crippen molar-refractivity contribution in [1.29, 1.82) is 0 Å². The zero-order valence-electron chi connectivity index (χ0n) is 20.2. The molecule has 0 saturated carbocycles. The van der Waals surface area contributed by atoms with Crippen molar-refractivity contribution in [3.05, 3.63) is 23.8 Å². The number of amides is 4. The van der Waals surface area contributed by atoms with Crippen LogP contribution in [0.2, 0.25) is 39.3 Å². The quantitative estimate of drug-likeness (QED) is 0.325.